The maximum absolute atomic E-state index is 3.96. The molecule has 1 saturated carbocycles. The molecule has 3 N–H and O–H groups in total. The van der Waals surface area contributed by atoms with Crippen LogP contribution in [0.2, 0.25) is 0 Å². The molecular weight excluding hydrogens is 184 g/mol. The van der Waals surface area contributed by atoms with Gasteiger partial charge in [0.25, 0.3) is 0 Å². The van der Waals surface area contributed by atoms with Gasteiger partial charge in [0.2, 0.25) is 0 Å². The Balaban J connectivity index is 2.53. The van der Waals surface area contributed by atoms with Crippen molar-refractivity contribution >= 4 is 0 Å². The Morgan fingerprint density at radius 1 is 1.13 bits per heavy atom. The Labute approximate surface area is 95.2 Å². The van der Waals surface area contributed by atoms with Gasteiger partial charge in [0, 0.05) is 24.5 Å². The minimum atomic E-state index is 0.331. The fourth-order valence-electron chi connectivity index (χ4n) is 2.74. The fourth-order valence-corrected chi connectivity index (χ4v) is 2.74. The molecule has 15 heavy (non-hydrogen) atoms. The van der Waals surface area contributed by atoms with Gasteiger partial charge in [0.1, 0.15) is 0 Å². The van der Waals surface area contributed by atoms with Crippen molar-refractivity contribution in [2.24, 2.45) is 0 Å². The highest BCUT2D eigenvalue weighted by Crippen LogP contribution is 2.28. The molecule has 0 spiro atoms. The summed E-state index contributed by atoms with van der Waals surface area (Å²) in [5.41, 5.74) is 4.29. The van der Waals surface area contributed by atoms with Crippen LogP contribution < -0.4 is 5.73 Å². The lowest BCUT2D eigenvalue weighted by atomic mass is 9.90. The Kier molecular flexibility index (Phi) is 5.07. The van der Waals surface area contributed by atoms with E-state index in [0.29, 0.717) is 5.54 Å². The lowest BCUT2D eigenvalue weighted by Crippen LogP contribution is -2.54. The summed E-state index contributed by atoms with van der Waals surface area (Å²) in [5, 5.41) is 0. The van der Waals surface area contributed by atoms with Gasteiger partial charge in [-0.05, 0) is 33.6 Å². The summed E-state index contributed by atoms with van der Waals surface area (Å²) in [5.74, 6) is 0. The lowest BCUT2D eigenvalue weighted by molar-refractivity contribution is -0.368. The summed E-state index contributed by atoms with van der Waals surface area (Å²) in [6.45, 7) is 9.36. The molecule has 2 heteroatoms. The van der Waals surface area contributed by atoms with Crippen LogP contribution >= 0.6 is 0 Å². The minimum Gasteiger partial charge on any atom is -0.358 e. The molecule has 0 aromatic rings. The van der Waals surface area contributed by atoms with Crippen molar-refractivity contribution in [1.82, 2.24) is 4.90 Å². The van der Waals surface area contributed by atoms with Gasteiger partial charge in [-0.3, -0.25) is 4.90 Å². The summed E-state index contributed by atoms with van der Waals surface area (Å²) < 4.78 is 0. The summed E-state index contributed by atoms with van der Waals surface area (Å²) in [7, 11) is 0. The second-order valence-corrected chi connectivity index (χ2v) is 5.86. The first kappa shape index (κ1) is 13.0. The average molecular weight is 213 g/mol. The van der Waals surface area contributed by atoms with E-state index in [1.165, 1.54) is 45.1 Å². The highest BCUT2D eigenvalue weighted by molar-refractivity contribution is 4.84. The maximum Gasteiger partial charge on any atom is 0.0752 e. The lowest BCUT2D eigenvalue weighted by Gasteiger charge is -2.43. The van der Waals surface area contributed by atoms with E-state index >= 15 is 0 Å². The quantitative estimate of drug-likeness (QED) is 0.761. The topological polar surface area (TPSA) is 30.9 Å². The maximum atomic E-state index is 3.96. The summed E-state index contributed by atoms with van der Waals surface area (Å²) >= 11 is 0. The molecule has 1 aliphatic rings. The van der Waals surface area contributed by atoms with Crippen LogP contribution in [0.5, 0.6) is 0 Å². The number of rotatable bonds is 4. The molecule has 0 bridgehead atoms. The van der Waals surface area contributed by atoms with Crippen LogP contribution in [0.25, 0.3) is 0 Å². The van der Waals surface area contributed by atoms with E-state index in [0.717, 1.165) is 12.6 Å². The molecule has 0 atom stereocenters. The van der Waals surface area contributed by atoms with Crippen LogP contribution in [0.3, 0.4) is 0 Å². The first-order chi connectivity index (χ1) is 7.05. The molecule has 0 heterocycles. The van der Waals surface area contributed by atoms with Gasteiger partial charge >= 0.3 is 0 Å². The van der Waals surface area contributed by atoms with Gasteiger partial charge in [-0.2, -0.15) is 0 Å². The molecule has 0 radical (unpaired) electrons. The zero-order valence-electron chi connectivity index (χ0n) is 10.9. The highest BCUT2D eigenvalue weighted by Gasteiger charge is 2.29. The molecule has 0 unspecified atom stereocenters. The van der Waals surface area contributed by atoms with Crippen molar-refractivity contribution in [1.29, 1.82) is 0 Å². The molecule has 1 rings (SSSR count). The summed E-state index contributed by atoms with van der Waals surface area (Å²) in [6, 6.07) is 0.838. The van der Waals surface area contributed by atoms with Crippen LogP contribution in [0, 0.1) is 0 Å². The first-order valence-corrected chi connectivity index (χ1v) is 6.61. The van der Waals surface area contributed by atoms with E-state index < -0.39 is 0 Å². The van der Waals surface area contributed by atoms with Crippen LogP contribution in [-0.2, 0) is 0 Å². The van der Waals surface area contributed by atoms with Crippen molar-refractivity contribution < 1.29 is 5.73 Å². The molecule has 0 amide bonds. The molecule has 1 fully saturated rings. The van der Waals surface area contributed by atoms with Gasteiger partial charge in [0.15, 0.2) is 0 Å². The fraction of sp³-hybridized carbons (Fsp3) is 1.00. The molecule has 90 valence electrons. The molecule has 0 aliphatic heterocycles. The predicted molar refractivity (Wildman–Crippen MR) is 65.7 cm³/mol. The smallest absolute Gasteiger partial charge is 0.0752 e. The van der Waals surface area contributed by atoms with Gasteiger partial charge in [-0.1, -0.05) is 19.3 Å². The van der Waals surface area contributed by atoms with E-state index in [4.69, 9.17) is 0 Å². The number of hydrogen-bond acceptors (Lipinski definition) is 1. The average Bonchev–Trinajstić information content (AvgIpc) is 2.18. The van der Waals surface area contributed by atoms with Gasteiger partial charge in [0.05, 0.1) is 6.54 Å². The van der Waals surface area contributed by atoms with E-state index in [1.807, 2.05) is 0 Å². The zero-order chi connectivity index (χ0) is 11.3. The number of quaternary nitrogens is 1. The molecule has 2 nitrogen and oxygen atoms in total. The monoisotopic (exact) mass is 213 g/mol. The Morgan fingerprint density at radius 3 is 2.20 bits per heavy atom. The Morgan fingerprint density at radius 2 is 1.73 bits per heavy atom. The van der Waals surface area contributed by atoms with Crippen LogP contribution in [0.4, 0.5) is 0 Å². The van der Waals surface area contributed by atoms with E-state index in [-0.39, 0.29) is 0 Å². The Hall–Kier alpha value is -0.0800. The zero-order valence-corrected chi connectivity index (χ0v) is 10.9. The minimum absolute atomic E-state index is 0.331. The first-order valence-electron chi connectivity index (χ1n) is 6.61. The van der Waals surface area contributed by atoms with Crippen LogP contribution in [0.15, 0.2) is 0 Å². The third kappa shape index (κ3) is 4.12. The van der Waals surface area contributed by atoms with E-state index in [2.05, 4.69) is 31.4 Å². The van der Waals surface area contributed by atoms with Gasteiger partial charge in [-0.25, -0.2) is 0 Å². The molecule has 0 aromatic heterocycles. The van der Waals surface area contributed by atoms with Crippen LogP contribution in [-0.4, -0.2) is 29.6 Å². The normalized spacial score (nSPS) is 19.8. The predicted octanol–water partition coefficient (Wildman–Crippen LogP) is 2.05. The highest BCUT2D eigenvalue weighted by atomic mass is 15.2. The molecular formula is C13H29N2+. The number of nitrogens with zero attached hydrogens (tertiary/aromatic N) is 1. The molecule has 0 saturated heterocycles. The Bertz CT molecular complexity index is 166. The number of hydrogen-bond donors (Lipinski definition) is 1. The van der Waals surface area contributed by atoms with Gasteiger partial charge < -0.3 is 5.73 Å². The second-order valence-electron chi connectivity index (χ2n) is 5.86. The SMILES string of the molecule is CC(C)(C)N(CCC[NH3+])C1CCCCC1. The summed E-state index contributed by atoms with van der Waals surface area (Å²) in [4.78, 5) is 2.72. The molecule has 0 aromatic carbocycles. The standard InChI is InChI=1S/C13H28N2/c1-13(2,3)15(11-7-10-14)12-8-5-4-6-9-12/h12H,4-11,14H2,1-3H3/p+1. The third-order valence-corrected chi connectivity index (χ3v) is 3.53. The van der Waals surface area contributed by atoms with Crippen LogP contribution in [0.1, 0.15) is 59.3 Å². The van der Waals surface area contributed by atoms with Crippen molar-refractivity contribution in [3.63, 3.8) is 0 Å². The van der Waals surface area contributed by atoms with Crippen molar-refractivity contribution in [3.8, 4) is 0 Å². The van der Waals surface area contributed by atoms with Crippen molar-refractivity contribution in [3.05, 3.63) is 0 Å². The largest absolute Gasteiger partial charge is 0.358 e. The second kappa shape index (κ2) is 5.86. The third-order valence-electron chi connectivity index (χ3n) is 3.53. The van der Waals surface area contributed by atoms with Crippen molar-refractivity contribution in [2.75, 3.05) is 13.1 Å². The van der Waals surface area contributed by atoms with Crippen molar-refractivity contribution in [2.45, 2.75) is 70.9 Å². The van der Waals surface area contributed by atoms with Gasteiger partial charge in [-0.15, -0.1) is 0 Å². The van der Waals surface area contributed by atoms with E-state index in [9.17, 15) is 0 Å². The summed E-state index contributed by atoms with van der Waals surface area (Å²) in [6.07, 6.45) is 8.38. The van der Waals surface area contributed by atoms with E-state index in [1.54, 1.807) is 0 Å². The molecule has 1 aliphatic carbocycles.